The predicted molar refractivity (Wildman–Crippen MR) is 58.4 cm³/mol. The van der Waals surface area contributed by atoms with Crippen molar-refractivity contribution in [1.82, 2.24) is 5.32 Å². The van der Waals surface area contributed by atoms with Crippen LogP contribution in [0.1, 0.15) is 33.1 Å². The third-order valence-corrected chi connectivity index (χ3v) is 2.64. The second kappa shape index (κ2) is 7.90. The first-order valence-corrected chi connectivity index (χ1v) is 5.72. The molecule has 0 radical (unpaired) electrons. The van der Waals surface area contributed by atoms with Gasteiger partial charge in [-0.2, -0.15) is 13.2 Å². The van der Waals surface area contributed by atoms with Crippen LogP contribution in [0.5, 0.6) is 0 Å². The van der Waals surface area contributed by atoms with Crippen LogP contribution >= 0.6 is 0 Å². The molecule has 0 rings (SSSR count). The maximum atomic E-state index is 11.8. The van der Waals surface area contributed by atoms with Crippen LogP contribution in [0, 0.1) is 5.92 Å². The van der Waals surface area contributed by atoms with E-state index < -0.39 is 12.8 Å². The molecule has 0 spiro atoms. The van der Waals surface area contributed by atoms with Gasteiger partial charge in [0.1, 0.15) is 6.61 Å². The van der Waals surface area contributed by atoms with E-state index in [0.717, 1.165) is 12.8 Å². The summed E-state index contributed by atoms with van der Waals surface area (Å²) in [5, 5.41) is 3.12. The molecule has 0 aliphatic carbocycles. The fourth-order valence-corrected chi connectivity index (χ4v) is 1.77. The van der Waals surface area contributed by atoms with E-state index >= 15 is 0 Å². The summed E-state index contributed by atoms with van der Waals surface area (Å²) in [5.74, 6) is 0.462. The minimum Gasteiger partial charge on any atom is -0.372 e. The van der Waals surface area contributed by atoms with E-state index in [0.29, 0.717) is 12.3 Å². The van der Waals surface area contributed by atoms with Crippen molar-refractivity contribution in [2.24, 2.45) is 5.92 Å². The van der Waals surface area contributed by atoms with Gasteiger partial charge in [-0.15, -0.1) is 0 Å². The molecule has 0 aliphatic heterocycles. The van der Waals surface area contributed by atoms with Crippen LogP contribution in [0.4, 0.5) is 13.2 Å². The average molecular weight is 241 g/mol. The molecule has 0 saturated carbocycles. The molecule has 16 heavy (non-hydrogen) atoms. The summed E-state index contributed by atoms with van der Waals surface area (Å²) in [4.78, 5) is 0. The van der Waals surface area contributed by atoms with Crippen LogP contribution in [0.3, 0.4) is 0 Å². The van der Waals surface area contributed by atoms with Gasteiger partial charge in [0.25, 0.3) is 0 Å². The second-order valence-corrected chi connectivity index (χ2v) is 4.12. The molecular formula is C11H22F3NO. The minimum absolute atomic E-state index is 0.152. The monoisotopic (exact) mass is 241 g/mol. The van der Waals surface area contributed by atoms with E-state index in [4.69, 9.17) is 0 Å². The molecule has 1 N–H and O–H groups in total. The second-order valence-electron chi connectivity index (χ2n) is 4.12. The lowest BCUT2D eigenvalue weighted by molar-refractivity contribution is -0.174. The summed E-state index contributed by atoms with van der Waals surface area (Å²) in [7, 11) is 1.83. The van der Waals surface area contributed by atoms with Gasteiger partial charge in [-0.3, -0.25) is 0 Å². The van der Waals surface area contributed by atoms with Crippen molar-refractivity contribution in [3.63, 3.8) is 0 Å². The van der Waals surface area contributed by atoms with E-state index in [1.807, 2.05) is 7.05 Å². The number of hydrogen-bond donors (Lipinski definition) is 1. The molecule has 0 heterocycles. The van der Waals surface area contributed by atoms with Crippen molar-refractivity contribution in [1.29, 1.82) is 0 Å². The first-order valence-electron chi connectivity index (χ1n) is 5.72. The lowest BCUT2D eigenvalue weighted by Crippen LogP contribution is -2.33. The van der Waals surface area contributed by atoms with Crippen LogP contribution < -0.4 is 5.32 Å². The smallest absolute Gasteiger partial charge is 0.372 e. The van der Waals surface area contributed by atoms with Gasteiger partial charge in [-0.1, -0.05) is 20.3 Å². The Hall–Kier alpha value is -0.290. The molecule has 2 atom stereocenters. The molecule has 0 aromatic carbocycles. The van der Waals surface area contributed by atoms with Crippen molar-refractivity contribution in [3.8, 4) is 0 Å². The lowest BCUT2D eigenvalue weighted by Gasteiger charge is -2.23. The molecule has 0 aliphatic rings. The molecule has 0 fully saturated rings. The molecule has 0 bridgehead atoms. The zero-order valence-corrected chi connectivity index (χ0v) is 10.2. The van der Waals surface area contributed by atoms with E-state index in [9.17, 15) is 13.2 Å². The summed E-state index contributed by atoms with van der Waals surface area (Å²) in [5.41, 5.74) is 0. The minimum atomic E-state index is -4.22. The lowest BCUT2D eigenvalue weighted by atomic mass is 9.95. The normalized spacial score (nSPS) is 16.1. The Balaban J connectivity index is 3.71. The molecule has 5 heteroatoms. The van der Waals surface area contributed by atoms with E-state index in [-0.39, 0.29) is 12.6 Å². The maximum Gasteiger partial charge on any atom is 0.411 e. The third-order valence-electron chi connectivity index (χ3n) is 2.64. The summed E-state index contributed by atoms with van der Waals surface area (Å²) >= 11 is 0. The zero-order valence-electron chi connectivity index (χ0n) is 10.2. The fourth-order valence-electron chi connectivity index (χ4n) is 1.77. The van der Waals surface area contributed by atoms with Crippen LogP contribution in [0.25, 0.3) is 0 Å². The van der Waals surface area contributed by atoms with Gasteiger partial charge in [0, 0.05) is 12.6 Å². The maximum absolute atomic E-state index is 11.8. The first-order chi connectivity index (χ1) is 7.40. The Morgan fingerprint density at radius 1 is 1.25 bits per heavy atom. The summed E-state index contributed by atoms with van der Waals surface area (Å²) < 4.78 is 40.0. The zero-order chi connectivity index (χ0) is 12.6. The topological polar surface area (TPSA) is 21.3 Å². The highest BCUT2D eigenvalue weighted by molar-refractivity contribution is 4.71. The Bertz CT molecular complexity index is 173. The summed E-state index contributed by atoms with van der Waals surface area (Å²) in [6.45, 7) is 3.21. The summed E-state index contributed by atoms with van der Waals surface area (Å²) in [6, 6.07) is 0.230. The average Bonchev–Trinajstić information content (AvgIpc) is 2.16. The predicted octanol–water partition coefficient (Wildman–Crippen LogP) is 2.98. The van der Waals surface area contributed by atoms with Gasteiger partial charge in [-0.05, 0) is 25.8 Å². The number of rotatable bonds is 8. The van der Waals surface area contributed by atoms with Crippen molar-refractivity contribution < 1.29 is 17.9 Å². The van der Waals surface area contributed by atoms with Crippen molar-refractivity contribution in [3.05, 3.63) is 0 Å². The molecule has 98 valence electrons. The number of ether oxygens (including phenoxy) is 1. The van der Waals surface area contributed by atoms with Crippen molar-refractivity contribution in [2.75, 3.05) is 20.3 Å². The van der Waals surface area contributed by atoms with Gasteiger partial charge in [-0.25, -0.2) is 0 Å². The highest BCUT2D eigenvalue weighted by Gasteiger charge is 2.27. The fraction of sp³-hybridized carbons (Fsp3) is 1.00. The van der Waals surface area contributed by atoms with Gasteiger partial charge in [0.05, 0.1) is 0 Å². The quantitative estimate of drug-likeness (QED) is 0.660. The van der Waals surface area contributed by atoms with Gasteiger partial charge < -0.3 is 10.1 Å². The van der Waals surface area contributed by atoms with Crippen LogP contribution in [-0.2, 0) is 4.74 Å². The first kappa shape index (κ1) is 15.7. The Morgan fingerprint density at radius 3 is 2.31 bits per heavy atom. The molecule has 2 unspecified atom stereocenters. The highest BCUT2D eigenvalue weighted by Crippen LogP contribution is 2.16. The standard InChI is InChI=1S/C11H22F3NO/c1-4-5-9(2)10(15-3)6-7-16-8-11(12,13)14/h9-10,15H,4-8H2,1-3H3. The Morgan fingerprint density at radius 2 is 1.88 bits per heavy atom. The Labute approximate surface area is 95.5 Å². The molecule has 2 nitrogen and oxygen atoms in total. The number of nitrogens with one attached hydrogen (secondary N) is 1. The van der Waals surface area contributed by atoms with E-state index in [2.05, 4.69) is 23.9 Å². The van der Waals surface area contributed by atoms with Gasteiger partial charge >= 0.3 is 6.18 Å². The van der Waals surface area contributed by atoms with E-state index in [1.54, 1.807) is 0 Å². The Kier molecular flexibility index (Phi) is 7.76. The number of hydrogen-bond acceptors (Lipinski definition) is 2. The van der Waals surface area contributed by atoms with Gasteiger partial charge in [0.2, 0.25) is 0 Å². The van der Waals surface area contributed by atoms with Gasteiger partial charge in [0.15, 0.2) is 0 Å². The van der Waals surface area contributed by atoms with Crippen LogP contribution in [-0.4, -0.2) is 32.5 Å². The van der Waals surface area contributed by atoms with Crippen molar-refractivity contribution >= 4 is 0 Å². The number of alkyl halides is 3. The van der Waals surface area contributed by atoms with Crippen LogP contribution in [0.2, 0.25) is 0 Å². The molecule has 0 saturated heterocycles. The molecule has 0 amide bonds. The van der Waals surface area contributed by atoms with E-state index in [1.165, 1.54) is 0 Å². The highest BCUT2D eigenvalue weighted by atomic mass is 19.4. The largest absolute Gasteiger partial charge is 0.411 e. The third kappa shape index (κ3) is 7.93. The summed E-state index contributed by atoms with van der Waals surface area (Å²) in [6.07, 6.45) is -1.44. The SMILES string of the molecule is CCCC(C)C(CCOCC(F)(F)F)NC. The van der Waals surface area contributed by atoms with Crippen LogP contribution in [0.15, 0.2) is 0 Å². The number of halogens is 3. The molecule has 0 aromatic rings. The molecule has 0 aromatic heterocycles. The van der Waals surface area contributed by atoms with Crippen molar-refractivity contribution in [2.45, 2.75) is 45.3 Å². The molecular weight excluding hydrogens is 219 g/mol.